The van der Waals surface area contributed by atoms with Crippen LogP contribution in [0.1, 0.15) is 16.2 Å². The SMILES string of the molecule is Cc1nc2c(C(=O)Nc3ccc([N+](=O)[O-])cc3)cc(Cl)cc2[nH]1. The second-order valence-corrected chi connectivity index (χ2v) is 5.37. The molecular formula is C15H11ClN4O3. The van der Waals surface area contributed by atoms with E-state index in [1.54, 1.807) is 13.0 Å². The Kier molecular flexibility index (Phi) is 3.71. The van der Waals surface area contributed by atoms with Crippen LogP contribution in [0.3, 0.4) is 0 Å². The van der Waals surface area contributed by atoms with Gasteiger partial charge in [-0.05, 0) is 31.2 Å². The third-order valence-corrected chi connectivity index (χ3v) is 3.47. The average molecular weight is 331 g/mol. The molecule has 0 fully saturated rings. The van der Waals surface area contributed by atoms with Crippen molar-refractivity contribution in [3.8, 4) is 0 Å². The normalized spacial score (nSPS) is 10.7. The summed E-state index contributed by atoms with van der Waals surface area (Å²) in [5.41, 5.74) is 1.92. The second-order valence-electron chi connectivity index (χ2n) is 4.93. The molecule has 2 N–H and O–H groups in total. The lowest BCUT2D eigenvalue weighted by atomic mass is 10.1. The number of hydrogen-bond acceptors (Lipinski definition) is 4. The highest BCUT2D eigenvalue weighted by atomic mass is 35.5. The van der Waals surface area contributed by atoms with Gasteiger partial charge in [0.2, 0.25) is 0 Å². The largest absolute Gasteiger partial charge is 0.342 e. The molecule has 3 rings (SSSR count). The monoisotopic (exact) mass is 330 g/mol. The molecule has 0 unspecified atom stereocenters. The van der Waals surface area contributed by atoms with Crippen molar-refractivity contribution in [3.05, 3.63) is 62.9 Å². The van der Waals surface area contributed by atoms with Gasteiger partial charge in [-0.1, -0.05) is 11.6 Å². The number of nitrogens with zero attached hydrogens (tertiary/aromatic N) is 2. The number of non-ortho nitro benzene ring substituents is 1. The number of rotatable bonds is 3. The van der Waals surface area contributed by atoms with Crippen molar-refractivity contribution >= 4 is 39.9 Å². The average Bonchev–Trinajstić information content (AvgIpc) is 2.86. The summed E-state index contributed by atoms with van der Waals surface area (Å²) >= 11 is 6.03. The van der Waals surface area contributed by atoms with Crippen molar-refractivity contribution in [1.29, 1.82) is 0 Å². The Hall–Kier alpha value is -2.93. The van der Waals surface area contributed by atoms with Gasteiger partial charge < -0.3 is 10.3 Å². The van der Waals surface area contributed by atoms with Crippen molar-refractivity contribution in [3.63, 3.8) is 0 Å². The molecule has 3 aromatic rings. The van der Waals surface area contributed by atoms with Crippen molar-refractivity contribution in [2.45, 2.75) is 6.92 Å². The molecule has 0 atom stereocenters. The molecule has 8 heteroatoms. The fraction of sp³-hybridized carbons (Fsp3) is 0.0667. The lowest BCUT2D eigenvalue weighted by Crippen LogP contribution is -2.12. The van der Waals surface area contributed by atoms with E-state index in [-0.39, 0.29) is 5.69 Å². The molecule has 0 saturated carbocycles. The van der Waals surface area contributed by atoms with E-state index in [1.807, 2.05) is 0 Å². The van der Waals surface area contributed by atoms with Crippen molar-refractivity contribution in [2.75, 3.05) is 5.32 Å². The predicted octanol–water partition coefficient (Wildman–Crippen LogP) is 3.69. The Morgan fingerprint density at radius 2 is 2.00 bits per heavy atom. The van der Waals surface area contributed by atoms with Crippen molar-refractivity contribution in [1.82, 2.24) is 9.97 Å². The number of benzene rings is 2. The third kappa shape index (κ3) is 3.00. The molecule has 2 aromatic carbocycles. The summed E-state index contributed by atoms with van der Waals surface area (Å²) in [4.78, 5) is 29.9. The maximum Gasteiger partial charge on any atom is 0.269 e. The Balaban J connectivity index is 1.92. The first kappa shape index (κ1) is 15.0. The van der Waals surface area contributed by atoms with Crippen LogP contribution in [0.25, 0.3) is 11.0 Å². The molecule has 0 saturated heterocycles. The van der Waals surface area contributed by atoms with E-state index in [9.17, 15) is 14.9 Å². The minimum absolute atomic E-state index is 0.0453. The number of H-pyrrole nitrogens is 1. The number of carbonyl (C=O) groups excluding carboxylic acids is 1. The zero-order valence-corrected chi connectivity index (χ0v) is 12.7. The number of carbonyl (C=O) groups is 1. The summed E-state index contributed by atoms with van der Waals surface area (Å²) in [5, 5.41) is 13.7. The van der Waals surface area contributed by atoms with Crippen LogP contribution < -0.4 is 5.32 Å². The van der Waals surface area contributed by atoms with Crippen LogP contribution in [-0.2, 0) is 0 Å². The van der Waals surface area contributed by atoms with E-state index >= 15 is 0 Å². The molecule has 0 aliphatic rings. The Labute approximate surface area is 135 Å². The van der Waals surface area contributed by atoms with E-state index in [0.29, 0.717) is 33.1 Å². The van der Waals surface area contributed by atoms with Gasteiger partial charge in [0.25, 0.3) is 11.6 Å². The first-order chi connectivity index (χ1) is 10.9. The zero-order valence-electron chi connectivity index (χ0n) is 12.0. The molecule has 0 bridgehead atoms. The highest BCUT2D eigenvalue weighted by Crippen LogP contribution is 2.24. The number of fused-ring (bicyclic) bond motifs is 1. The van der Waals surface area contributed by atoms with Crippen molar-refractivity contribution in [2.24, 2.45) is 0 Å². The van der Waals surface area contributed by atoms with Gasteiger partial charge in [-0.3, -0.25) is 14.9 Å². The predicted molar refractivity (Wildman–Crippen MR) is 86.9 cm³/mol. The number of halogens is 1. The third-order valence-electron chi connectivity index (χ3n) is 3.25. The first-order valence-corrected chi connectivity index (χ1v) is 7.03. The van der Waals surface area contributed by atoms with E-state index < -0.39 is 10.8 Å². The summed E-state index contributed by atoms with van der Waals surface area (Å²) in [6.45, 7) is 1.78. The van der Waals surface area contributed by atoms with E-state index in [4.69, 9.17) is 11.6 Å². The molecule has 0 radical (unpaired) electrons. The summed E-state index contributed by atoms with van der Waals surface area (Å²) in [5.74, 6) is 0.282. The molecule has 0 spiro atoms. The number of amides is 1. The van der Waals surface area contributed by atoms with Gasteiger partial charge in [-0.2, -0.15) is 0 Å². The lowest BCUT2D eigenvalue weighted by Gasteiger charge is -2.06. The first-order valence-electron chi connectivity index (χ1n) is 6.66. The smallest absolute Gasteiger partial charge is 0.269 e. The highest BCUT2D eigenvalue weighted by Gasteiger charge is 2.15. The van der Waals surface area contributed by atoms with Crippen molar-refractivity contribution < 1.29 is 9.72 Å². The van der Waals surface area contributed by atoms with Gasteiger partial charge >= 0.3 is 0 Å². The molecule has 1 aromatic heterocycles. The van der Waals surface area contributed by atoms with E-state index in [2.05, 4.69) is 15.3 Å². The Morgan fingerprint density at radius 3 is 2.65 bits per heavy atom. The summed E-state index contributed by atoms with van der Waals surface area (Å²) in [6, 6.07) is 8.80. The zero-order chi connectivity index (χ0) is 16.6. The van der Waals surface area contributed by atoms with E-state index in [0.717, 1.165) is 0 Å². The van der Waals surface area contributed by atoms with Crippen LogP contribution in [-0.4, -0.2) is 20.8 Å². The molecule has 0 aliphatic heterocycles. The van der Waals surface area contributed by atoms with Gasteiger partial charge in [-0.25, -0.2) is 4.98 Å². The topological polar surface area (TPSA) is 101 Å². The quantitative estimate of drug-likeness (QED) is 0.565. The highest BCUT2D eigenvalue weighted by molar-refractivity contribution is 6.32. The van der Waals surface area contributed by atoms with Crippen LogP contribution in [0, 0.1) is 17.0 Å². The van der Waals surface area contributed by atoms with E-state index in [1.165, 1.54) is 30.3 Å². The number of nitro benzene ring substituents is 1. The van der Waals surface area contributed by atoms with Crippen LogP contribution in [0.5, 0.6) is 0 Å². The number of aromatic nitrogens is 2. The van der Waals surface area contributed by atoms with Gasteiger partial charge in [-0.15, -0.1) is 0 Å². The minimum atomic E-state index is -0.501. The van der Waals surface area contributed by atoms with Gasteiger partial charge in [0, 0.05) is 22.8 Å². The number of nitro groups is 1. The number of anilines is 1. The minimum Gasteiger partial charge on any atom is -0.342 e. The maximum atomic E-state index is 12.5. The molecule has 0 aliphatic carbocycles. The standard InChI is InChI=1S/C15H11ClN4O3/c1-8-17-13-7-9(16)6-12(14(13)18-8)15(21)19-10-2-4-11(5-3-10)20(22)23/h2-7H,1H3,(H,17,18)(H,19,21). The second kappa shape index (κ2) is 5.69. The Morgan fingerprint density at radius 1 is 1.30 bits per heavy atom. The fourth-order valence-electron chi connectivity index (χ4n) is 2.24. The molecule has 1 heterocycles. The molecule has 23 heavy (non-hydrogen) atoms. The molecule has 116 valence electrons. The molecular weight excluding hydrogens is 320 g/mol. The van der Waals surface area contributed by atoms with Crippen LogP contribution in [0.2, 0.25) is 5.02 Å². The Bertz CT molecular complexity index is 918. The summed E-state index contributed by atoms with van der Waals surface area (Å²) in [7, 11) is 0. The lowest BCUT2D eigenvalue weighted by molar-refractivity contribution is -0.384. The fourth-order valence-corrected chi connectivity index (χ4v) is 2.46. The van der Waals surface area contributed by atoms with Gasteiger partial charge in [0.1, 0.15) is 11.3 Å². The number of nitrogens with one attached hydrogen (secondary N) is 2. The van der Waals surface area contributed by atoms with Gasteiger partial charge in [0.15, 0.2) is 0 Å². The van der Waals surface area contributed by atoms with Gasteiger partial charge in [0.05, 0.1) is 16.0 Å². The molecule has 1 amide bonds. The number of hydrogen-bond donors (Lipinski definition) is 2. The summed E-state index contributed by atoms with van der Waals surface area (Å²) < 4.78 is 0. The molecule has 7 nitrogen and oxygen atoms in total. The van der Waals surface area contributed by atoms with Crippen LogP contribution in [0.4, 0.5) is 11.4 Å². The summed E-state index contributed by atoms with van der Waals surface area (Å²) in [6.07, 6.45) is 0. The van der Waals surface area contributed by atoms with Crippen LogP contribution in [0.15, 0.2) is 36.4 Å². The maximum absolute atomic E-state index is 12.5. The number of aryl methyl sites for hydroxylation is 1. The number of aromatic amines is 1. The number of imidazole rings is 1. The van der Waals surface area contributed by atoms with Crippen LogP contribution >= 0.6 is 11.6 Å².